The number of benzene rings is 1. The van der Waals surface area contributed by atoms with Crippen molar-refractivity contribution in [1.29, 1.82) is 0 Å². The van der Waals surface area contributed by atoms with Crippen molar-refractivity contribution in [3.8, 4) is 0 Å². The molecule has 100 valence electrons. The molecule has 0 saturated heterocycles. The molecule has 1 N–H and O–H groups in total. The Bertz CT molecular complexity index is 563. The van der Waals surface area contributed by atoms with Crippen molar-refractivity contribution in [2.45, 2.75) is 23.4 Å². The van der Waals surface area contributed by atoms with Crippen LogP contribution in [0.5, 0.6) is 0 Å². The Hall–Kier alpha value is -0.910. The van der Waals surface area contributed by atoms with Crippen LogP contribution >= 0.6 is 27.7 Å². The second-order valence-electron chi connectivity index (χ2n) is 3.90. The maximum absolute atomic E-state index is 14.0. The van der Waals surface area contributed by atoms with Gasteiger partial charge in [-0.15, -0.1) is 0 Å². The monoisotopic (exact) mass is 340 g/mol. The normalized spacial score (nSPS) is 10.7. The zero-order valence-electron chi connectivity index (χ0n) is 10.5. The van der Waals surface area contributed by atoms with Gasteiger partial charge in [-0.25, -0.2) is 9.37 Å². The largest absolute Gasteiger partial charge is 0.313 e. The van der Waals surface area contributed by atoms with E-state index >= 15 is 0 Å². The van der Waals surface area contributed by atoms with Crippen molar-refractivity contribution in [3.63, 3.8) is 0 Å². The minimum absolute atomic E-state index is 0.210. The number of nitrogens with zero attached hydrogens (tertiary/aromatic N) is 1. The van der Waals surface area contributed by atoms with Crippen LogP contribution in [0.3, 0.4) is 0 Å². The molecule has 5 heteroatoms. The summed E-state index contributed by atoms with van der Waals surface area (Å²) in [6.07, 6.45) is 1.71. The summed E-state index contributed by atoms with van der Waals surface area (Å²) in [6.45, 7) is 3.54. The molecule has 0 radical (unpaired) electrons. The van der Waals surface area contributed by atoms with Gasteiger partial charge in [0.1, 0.15) is 10.8 Å². The summed E-state index contributed by atoms with van der Waals surface area (Å²) in [5.74, 6) is -0.210. The molecule has 0 aliphatic heterocycles. The molecule has 0 aliphatic rings. The lowest BCUT2D eigenvalue weighted by atomic mass is 10.2. The van der Waals surface area contributed by atoms with E-state index in [1.54, 1.807) is 12.3 Å². The first kappa shape index (κ1) is 14.5. The second kappa shape index (κ2) is 7.03. The molecular formula is C14H14BrFN2S. The van der Waals surface area contributed by atoms with Gasteiger partial charge in [-0.05, 0) is 46.2 Å². The van der Waals surface area contributed by atoms with Crippen molar-refractivity contribution >= 4 is 27.7 Å². The molecule has 0 atom stereocenters. The Morgan fingerprint density at radius 2 is 2.16 bits per heavy atom. The predicted molar refractivity (Wildman–Crippen MR) is 79.8 cm³/mol. The predicted octanol–water partition coefficient (Wildman–Crippen LogP) is 4.24. The molecule has 1 heterocycles. The van der Waals surface area contributed by atoms with Crippen LogP contribution in [0.25, 0.3) is 0 Å². The first-order valence-electron chi connectivity index (χ1n) is 5.99. The molecule has 2 nitrogen and oxygen atoms in total. The van der Waals surface area contributed by atoms with Crippen molar-refractivity contribution in [1.82, 2.24) is 10.3 Å². The molecular weight excluding hydrogens is 327 g/mol. The van der Waals surface area contributed by atoms with Gasteiger partial charge in [-0.3, -0.25) is 0 Å². The highest BCUT2D eigenvalue weighted by atomic mass is 79.9. The molecule has 0 fully saturated rings. The van der Waals surface area contributed by atoms with E-state index in [9.17, 15) is 4.39 Å². The van der Waals surface area contributed by atoms with Crippen LogP contribution in [0.1, 0.15) is 12.5 Å². The quantitative estimate of drug-likeness (QED) is 0.880. The fraction of sp³-hybridized carbons (Fsp3) is 0.214. The summed E-state index contributed by atoms with van der Waals surface area (Å²) in [6, 6.07) is 8.90. The number of hydrogen-bond acceptors (Lipinski definition) is 3. The fourth-order valence-corrected chi connectivity index (χ4v) is 3.02. The lowest BCUT2D eigenvalue weighted by molar-refractivity contribution is 0.591. The van der Waals surface area contributed by atoms with Gasteiger partial charge in [-0.2, -0.15) is 0 Å². The SMILES string of the molecule is CCNCc1cccc(F)c1Sc1ncccc1Br. The van der Waals surface area contributed by atoms with Crippen molar-refractivity contribution in [3.05, 3.63) is 52.4 Å². The van der Waals surface area contributed by atoms with Gasteiger partial charge < -0.3 is 5.32 Å². The lowest BCUT2D eigenvalue weighted by Gasteiger charge is -2.11. The van der Waals surface area contributed by atoms with E-state index in [1.165, 1.54) is 17.8 Å². The summed E-state index contributed by atoms with van der Waals surface area (Å²) in [4.78, 5) is 4.89. The number of hydrogen-bond donors (Lipinski definition) is 1. The third-order valence-electron chi connectivity index (χ3n) is 2.54. The molecule has 0 aliphatic carbocycles. The van der Waals surface area contributed by atoms with Crippen LogP contribution in [0, 0.1) is 5.82 Å². The first-order chi connectivity index (χ1) is 9.22. The minimum Gasteiger partial charge on any atom is -0.313 e. The van der Waals surface area contributed by atoms with Gasteiger partial charge in [0, 0.05) is 12.7 Å². The second-order valence-corrected chi connectivity index (χ2v) is 5.75. The van der Waals surface area contributed by atoms with Gasteiger partial charge in [0.15, 0.2) is 0 Å². The van der Waals surface area contributed by atoms with Crippen LogP contribution in [0.15, 0.2) is 50.9 Å². The Balaban J connectivity index is 2.31. The topological polar surface area (TPSA) is 24.9 Å². The maximum atomic E-state index is 14.0. The van der Waals surface area contributed by atoms with Crippen LogP contribution in [0.4, 0.5) is 4.39 Å². The zero-order valence-corrected chi connectivity index (χ0v) is 12.9. The molecule has 0 amide bonds. The van der Waals surface area contributed by atoms with E-state index < -0.39 is 0 Å². The lowest BCUT2D eigenvalue weighted by Crippen LogP contribution is -2.12. The maximum Gasteiger partial charge on any atom is 0.137 e. The van der Waals surface area contributed by atoms with Gasteiger partial charge in [-0.1, -0.05) is 30.8 Å². The Kier molecular flexibility index (Phi) is 5.36. The van der Waals surface area contributed by atoms with E-state index in [4.69, 9.17) is 0 Å². The summed E-state index contributed by atoms with van der Waals surface area (Å²) < 4.78 is 14.9. The van der Waals surface area contributed by atoms with Gasteiger partial charge in [0.25, 0.3) is 0 Å². The van der Waals surface area contributed by atoms with E-state index in [-0.39, 0.29) is 5.82 Å². The molecule has 1 aromatic carbocycles. The molecule has 1 aromatic heterocycles. The van der Waals surface area contributed by atoms with Crippen molar-refractivity contribution < 1.29 is 4.39 Å². The van der Waals surface area contributed by atoms with Gasteiger partial charge in [0.05, 0.1) is 9.37 Å². The van der Waals surface area contributed by atoms with E-state index in [0.29, 0.717) is 11.4 Å². The molecule has 0 spiro atoms. The van der Waals surface area contributed by atoms with Crippen LogP contribution in [0.2, 0.25) is 0 Å². The summed E-state index contributed by atoms with van der Waals surface area (Å²) in [5, 5.41) is 3.99. The molecule has 19 heavy (non-hydrogen) atoms. The number of rotatable bonds is 5. The highest BCUT2D eigenvalue weighted by molar-refractivity contribution is 9.10. The summed E-state index contributed by atoms with van der Waals surface area (Å²) >= 11 is 4.78. The van der Waals surface area contributed by atoms with Crippen molar-refractivity contribution in [2.75, 3.05) is 6.54 Å². The van der Waals surface area contributed by atoms with Gasteiger partial charge >= 0.3 is 0 Å². The van der Waals surface area contributed by atoms with E-state index in [0.717, 1.165) is 21.6 Å². The van der Waals surface area contributed by atoms with Crippen LogP contribution in [-0.4, -0.2) is 11.5 Å². The number of nitrogens with one attached hydrogen (secondary N) is 1. The third kappa shape index (κ3) is 3.78. The molecule has 2 rings (SSSR count). The van der Waals surface area contributed by atoms with E-state index in [2.05, 4.69) is 26.2 Å². The summed E-state index contributed by atoms with van der Waals surface area (Å²) in [7, 11) is 0. The fourth-order valence-electron chi connectivity index (χ4n) is 1.61. The average molecular weight is 341 g/mol. The Morgan fingerprint density at radius 3 is 2.89 bits per heavy atom. The molecule has 0 bridgehead atoms. The number of pyridine rings is 1. The molecule has 2 aromatic rings. The molecule has 0 unspecified atom stereocenters. The van der Waals surface area contributed by atoms with Crippen molar-refractivity contribution in [2.24, 2.45) is 0 Å². The highest BCUT2D eigenvalue weighted by Gasteiger charge is 2.12. The molecule has 0 saturated carbocycles. The third-order valence-corrected chi connectivity index (χ3v) is 4.62. The smallest absolute Gasteiger partial charge is 0.137 e. The van der Waals surface area contributed by atoms with Crippen LogP contribution < -0.4 is 5.32 Å². The Morgan fingerprint density at radius 1 is 1.32 bits per heavy atom. The number of aromatic nitrogens is 1. The summed E-state index contributed by atoms with van der Waals surface area (Å²) in [5.41, 5.74) is 0.949. The average Bonchev–Trinajstić information content (AvgIpc) is 2.41. The van der Waals surface area contributed by atoms with E-state index in [1.807, 2.05) is 25.1 Å². The highest BCUT2D eigenvalue weighted by Crippen LogP contribution is 2.35. The van der Waals surface area contributed by atoms with Gasteiger partial charge in [0.2, 0.25) is 0 Å². The number of halogens is 2. The van der Waals surface area contributed by atoms with Crippen LogP contribution in [-0.2, 0) is 6.54 Å². The zero-order chi connectivity index (χ0) is 13.7. The Labute approximate surface area is 125 Å². The standard InChI is InChI=1S/C14H14BrFN2S/c1-2-17-9-10-5-3-7-12(16)13(10)19-14-11(15)6-4-8-18-14/h3-8,17H,2,9H2,1H3. The first-order valence-corrected chi connectivity index (χ1v) is 7.59. The minimum atomic E-state index is -0.210.